The fraction of sp³-hybridized carbons (Fsp3) is 0.630. The summed E-state index contributed by atoms with van der Waals surface area (Å²) in [6.45, 7) is 5.39. The zero-order valence-corrected chi connectivity index (χ0v) is 18.2. The first-order chi connectivity index (χ1) is 13.8. The average molecular weight is 381 g/mol. The molecule has 0 aromatic heterocycles. The first-order valence-corrected chi connectivity index (χ1v) is 12.0. The van der Waals surface area contributed by atoms with Crippen LogP contribution in [0.1, 0.15) is 102 Å². The lowest BCUT2D eigenvalue weighted by molar-refractivity contribution is 0.303. The number of ether oxygens (including phenoxy) is 1. The predicted molar refractivity (Wildman–Crippen MR) is 122 cm³/mol. The van der Waals surface area contributed by atoms with E-state index in [0.29, 0.717) is 0 Å². The number of benzene rings is 2. The van der Waals surface area contributed by atoms with Gasteiger partial charge in [-0.2, -0.15) is 0 Å². The first kappa shape index (κ1) is 21.2. The second-order valence-corrected chi connectivity index (χ2v) is 8.89. The van der Waals surface area contributed by atoms with Gasteiger partial charge in [0.1, 0.15) is 5.75 Å². The van der Waals surface area contributed by atoms with Crippen LogP contribution in [0.25, 0.3) is 10.8 Å². The van der Waals surface area contributed by atoms with E-state index in [1.54, 1.807) is 5.56 Å². The third-order valence-electron chi connectivity index (χ3n) is 6.64. The van der Waals surface area contributed by atoms with Gasteiger partial charge in [-0.25, -0.2) is 0 Å². The van der Waals surface area contributed by atoms with E-state index < -0.39 is 0 Å². The summed E-state index contributed by atoms with van der Waals surface area (Å²) in [4.78, 5) is 0. The van der Waals surface area contributed by atoms with E-state index in [0.717, 1.165) is 30.6 Å². The zero-order chi connectivity index (χ0) is 19.6. The van der Waals surface area contributed by atoms with Crippen LogP contribution in [0.5, 0.6) is 5.75 Å². The van der Waals surface area contributed by atoms with Gasteiger partial charge in [-0.3, -0.25) is 0 Å². The molecule has 28 heavy (non-hydrogen) atoms. The van der Waals surface area contributed by atoms with Crippen LogP contribution < -0.4 is 4.74 Å². The van der Waals surface area contributed by atoms with Crippen molar-refractivity contribution in [3.05, 3.63) is 42.0 Å². The minimum absolute atomic E-state index is 0.765. The Kier molecular flexibility index (Phi) is 8.70. The molecule has 0 unspecified atom stereocenters. The Hall–Kier alpha value is -1.50. The summed E-state index contributed by atoms with van der Waals surface area (Å²) in [6, 6.07) is 13.7. The lowest BCUT2D eigenvalue weighted by atomic mass is 9.77. The Labute approximate surface area is 172 Å². The molecule has 1 fully saturated rings. The van der Waals surface area contributed by atoms with Crippen molar-refractivity contribution in [2.45, 2.75) is 96.8 Å². The number of rotatable bonds is 11. The molecular formula is C27H40O. The summed E-state index contributed by atoms with van der Waals surface area (Å²) in [5.41, 5.74) is 1.55. The summed E-state index contributed by atoms with van der Waals surface area (Å²) in [7, 11) is 0. The maximum atomic E-state index is 5.96. The molecule has 2 aromatic rings. The monoisotopic (exact) mass is 380 g/mol. The van der Waals surface area contributed by atoms with E-state index in [1.807, 2.05) is 0 Å². The molecule has 0 radical (unpaired) electrons. The van der Waals surface area contributed by atoms with Crippen molar-refractivity contribution in [3.8, 4) is 5.75 Å². The molecule has 0 heterocycles. The first-order valence-electron chi connectivity index (χ1n) is 12.0. The number of fused-ring (bicyclic) bond motifs is 1. The van der Waals surface area contributed by atoms with Crippen LogP contribution in [0, 0.1) is 5.92 Å². The molecule has 0 bridgehead atoms. The number of hydrogen-bond donors (Lipinski definition) is 0. The highest BCUT2D eigenvalue weighted by Crippen LogP contribution is 2.38. The third-order valence-corrected chi connectivity index (χ3v) is 6.64. The fourth-order valence-electron chi connectivity index (χ4n) is 4.77. The van der Waals surface area contributed by atoms with Crippen molar-refractivity contribution < 1.29 is 4.74 Å². The maximum Gasteiger partial charge on any atom is 0.119 e. The molecule has 1 aliphatic carbocycles. The van der Waals surface area contributed by atoms with Crippen molar-refractivity contribution in [3.63, 3.8) is 0 Å². The van der Waals surface area contributed by atoms with Gasteiger partial charge in [-0.1, -0.05) is 83.1 Å². The highest BCUT2D eigenvalue weighted by Gasteiger charge is 2.22. The molecule has 0 saturated heterocycles. The van der Waals surface area contributed by atoms with Gasteiger partial charge in [0.15, 0.2) is 0 Å². The Morgan fingerprint density at radius 1 is 0.750 bits per heavy atom. The van der Waals surface area contributed by atoms with Crippen molar-refractivity contribution in [1.29, 1.82) is 0 Å². The molecule has 1 heteroatoms. The van der Waals surface area contributed by atoms with E-state index in [4.69, 9.17) is 4.74 Å². The van der Waals surface area contributed by atoms with E-state index in [2.05, 4.69) is 50.2 Å². The molecule has 3 rings (SSSR count). The Morgan fingerprint density at radius 2 is 1.46 bits per heavy atom. The molecule has 0 N–H and O–H groups in total. The maximum absolute atomic E-state index is 5.96. The SMILES string of the molecule is CCCCCCOc1ccc2cc(C3CCC(CCCCC)CC3)ccc2c1. The van der Waals surface area contributed by atoms with Crippen LogP contribution in [0.2, 0.25) is 0 Å². The van der Waals surface area contributed by atoms with Gasteiger partial charge >= 0.3 is 0 Å². The third kappa shape index (κ3) is 6.26. The highest BCUT2D eigenvalue weighted by molar-refractivity contribution is 5.84. The van der Waals surface area contributed by atoms with Crippen LogP contribution in [0.3, 0.4) is 0 Å². The van der Waals surface area contributed by atoms with E-state index >= 15 is 0 Å². The van der Waals surface area contributed by atoms with E-state index in [1.165, 1.54) is 81.4 Å². The fourth-order valence-corrected chi connectivity index (χ4v) is 4.77. The predicted octanol–water partition coefficient (Wildman–Crippen LogP) is 8.65. The summed E-state index contributed by atoms with van der Waals surface area (Å²) < 4.78 is 5.96. The smallest absolute Gasteiger partial charge is 0.119 e. The molecule has 1 nitrogen and oxygen atoms in total. The zero-order valence-electron chi connectivity index (χ0n) is 18.2. The molecule has 0 atom stereocenters. The number of hydrogen-bond acceptors (Lipinski definition) is 1. The quantitative estimate of drug-likeness (QED) is 0.354. The second kappa shape index (κ2) is 11.5. The normalized spacial score (nSPS) is 19.8. The molecular weight excluding hydrogens is 340 g/mol. The Morgan fingerprint density at radius 3 is 2.25 bits per heavy atom. The minimum Gasteiger partial charge on any atom is -0.494 e. The molecule has 1 saturated carbocycles. The molecule has 2 aromatic carbocycles. The highest BCUT2D eigenvalue weighted by atomic mass is 16.5. The van der Waals surface area contributed by atoms with E-state index in [-0.39, 0.29) is 0 Å². The Bertz CT molecular complexity index is 696. The number of unbranched alkanes of at least 4 members (excludes halogenated alkanes) is 5. The Balaban J connectivity index is 1.52. The van der Waals surface area contributed by atoms with Crippen molar-refractivity contribution in [2.24, 2.45) is 5.92 Å². The van der Waals surface area contributed by atoms with Crippen LogP contribution in [0.15, 0.2) is 36.4 Å². The van der Waals surface area contributed by atoms with Crippen LogP contribution in [0.4, 0.5) is 0 Å². The second-order valence-electron chi connectivity index (χ2n) is 8.89. The van der Waals surface area contributed by atoms with Gasteiger partial charge < -0.3 is 4.74 Å². The molecule has 1 aliphatic rings. The summed E-state index contributed by atoms with van der Waals surface area (Å²) in [5, 5.41) is 2.67. The molecule has 154 valence electrons. The largest absolute Gasteiger partial charge is 0.494 e. The summed E-state index contributed by atoms with van der Waals surface area (Å²) >= 11 is 0. The minimum atomic E-state index is 0.765. The van der Waals surface area contributed by atoms with Gasteiger partial charge in [-0.05, 0) is 72.4 Å². The van der Waals surface area contributed by atoms with Crippen LogP contribution in [-0.4, -0.2) is 6.61 Å². The standard InChI is InChI=1S/C27H40O/c1-3-5-7-9-19-28-27-18-17-25-20-24(15-16-26(25)21-27)23-13-11-22(12-14-23)10-8-6-4-2/h15-18,20-23H,3-14,19H2,1-2H3. The lowest BCUT2D eigenvalue weighted by Gasteiger charge is -2.29. The molecule has 0 amide bonds. The van der Waals surface area contributed by atoms with Crippen molar-refractivity contribution >= 4 is 10.8 Å². The van der Waals surface area contributed by atoms with Gasteiger partial charge in [0.05, 0.1) is 6.61 Å². The van der Waals surface area contributed by atoms with Crippen molar-refractivity contribution in [2.75, 3.05) is 6.61 Å². The van der Waals surface area contributed by atoms with Gasteiger partial charge in [-0.15, -0.1) is 0 Å². The van der Waals surface area contributed by atoms with Crippen LogP contribution >= 0.6 is 0 Å². The average Bonchev–Trinajstić information content (AvgIpc) is 2.74. The summed E-state index contributed by atoms with van der Waals surface area (Å²) in [5.74, 6) is 2.77. The van der Waals surface area contributed by atoms with Gasteiger partial charge in [0, 0.05) is 0 Å². The molecule has 0 aliphatic heterocycles. The summed E-state index contributed by atoms with van der Waals surface area (Å²) in [6.07, 6.45) is 16.3. The topological polar surface area (TPSA) is 9.23 Å². The van der Waals surface area contributed by atoms with Crippen molar-refractivity contribution in [1.82, 2.24) is 0 Å². The lowest BCUT2D eigenvalue weighted by Crippen LogP contribution is -2.13. The van der Waals surface area contributed by atoms with E-state index in [9.17, 15) is 0 Å². The van der Waals surface area contributed by atoms with Crippen LogP contribution in [-0.2, 0) is 0 Å². The molecule has 0 spiro atoms. The van der Waals surface area contributed by atoms with Gasteiger partial charge in [0.25, 0.3) is 0 Å². The van der Waals surface area contributed by atoms with Gasteiger partial charge in [0.2, 0.25) is 0 Å².